The lowest BCUT2D eigenvalue weighted by molar-refractivity contribution is 0.563. The fourth-order valence-corrected chi connectivity index (χ4v) is 0.816. The minimum atomic E-state index is 0.750. The van der Waals surface area contributed by atoms with Gasteiger partial charge in [0.1, 0.15) is 0 Å². The Bertz CT molecular complexity index is 286. The molecule has 0 radical (unpaired) electrons. The summed E-state index contributed by atoms with van der Waals surface area (Å²) in [4.78, 5) is 8.35. The van der Waals surface area contributed by atoms with Gasteiger partial charge in [-0.25, -0.2) is 10.2 Å². The van der Waals surface area contributed by atoms with Crippen LogP contribution in [0, 0.1) is 12.3 Å². The molecule has 0 spiro atoms. The molecule has 12 heavy (non-hydrogen) atoms. The van der Waals surface area contributed by atoms with Crippen molar-refractivity contribution in [2.45, 2.75) is 6.92 Å². The van der Waals surface area contributed by atoms with Gasteiger partial charge in [0.25, 0.3) is 0 Å². The Labute approximate surface area is 72.1 Å². The largest absolute Gasteiger partial charge is 0.231 e. The summed E-state index contributed by atoms with van der Waals surface area (Å²) < 4.78 is 0. The topological polar surface area (TPSA) is 40.9 Å². The van der Waals surface area contributed by atoms with Gasteiger partial charge in [0.05, 0.1) is 0 Å². The average molecular weight is 161 g/mol. The molecule has 0 atom stereocenters. The van der Waals surface area contributed by atoms with Crippen LogP contribution < -0.4 is 0 Å². The number of hydrogen-bond donors (Lipinski definition) is 1. The van der Waals surface area contributed by atoms with Crippen LogP contribution in [0.5, 0.6) is 0 Å². The highest BCUT2D eigenvalue weighted by molar-refractivity contribution is 5.50. The molecule has 62 valence electrons. The van der Waals surface area contributed by atoms with Crippen molar-refractivity contribution in [3.05, 3.63) is 42.0 Å². The highest BCUT2D eigenvalue weighted by Gasteiger charge is 1.86. The number of hydrogen-bond acceptors (Lipinski definition) is 2. The monoisotopic (exact) mass is 161 g/mol. The van der Waals surface area contributed by atoms with Gasteiger partial charge in [-0.05, 0) is 18.1 Å². The van der Waals surface area contributed by atoms with E-state index in [4.69, 9.17) is 10.2 Å². The quantitative estimate of drug-likeness (QED) is 0.499. The van der Waals surface area contributed by atoms with Crippen LogP contribution >= 0.6 is 0 Å². The molecule has 0 saturated heterocycles. The summed E-state index contributed by atoms with van der Waals surface area (Å²) in [7, 11) is 0. The van der Waals surface area contributed by atoms with E-state index in [0.717, 1.165) is 6.08 Å². The maximum atomic E-state index is 8.35. The van der Waals surface area contributed by atoms with Gasteiger partial charge in [0.2, 0.25) is 6.08 Å². The number of benzene rings is 1. The Morgan fingerprint density at radius 2 is 2.00 bits per heavy atom. The lowest BCUT2D eigenvalue weighted by Crippen LogP contribution is -1.75. The molecule has 1 N–H and O–H groups in total. The van der Waals surface area contributed by atoms with E-state index in [1.54, 1.807) is 0 Å². The van der Waals surface area contributed by atoms with Crippen LogP contribution in [-0.4, -0.2) is 6.08 Å². The molecule has 0 aliphatic rings. The lowest BCUT2D eigenvalue weighted by Gasteiger charge is -1.95. The van der Waals surface area contributed by atoms with Crippen molar-refractivity contribution in [1.29, 1.82) is 5.41 Å². The Morgan fingerprint density at radius 3 is 2.33 bits per heavy atom. The number of nitrogens with one attached hydrogen (secondary N) is 1. The zero-order valence-corrected chi connectivity index (χ0v) is 7.00. The molecule has 0 saturated carbocycles. The molecule has 0 bridgehead atoms. The molecule has 1 aromatic rings. The molecule has 0 unspecified atom stereocenters. The highest BCUT2D eigenvalue weighted by atomic mass is 16.1. The van der Waals surface area contributed by atoms with E-state index in [-0.39, 0.29) is 0 Å². The van der Waals surface area contributed by atoms with Gasteiger partial charge >= 0.3 is 0 Å². The van der Waals surface area contributed by atoms with Gasteiger partial charge in [-0.1, -0.05) is 36.9 Å². The zero-order valence-electron chi connectivity index (χ0n) is 7.00. The Morgan fingerprint density at radius 1 is 1.50 bits per heavy atom. The highest BCUT2D eigenvalue weighted by Crippen LogP contribution is 2.06. The molecule has 0 amide bonds. The minimum absolute atomic E-state index is 0.750. The van der Waals surface area contributed by atoms with Crippen LogP contribution in [0.3, 0.4) is 0 Å². The Hall–Kier alpha value is -1.66. The Balaban J connectivity index is 0.000000354. The third kappa shape index (κ3) is 3.49. The fourth-order valence-electron chi connectivity index (χ4n) is 0.816. The van der Waals surface area contributed by atoms with E-state index in [9.17, 15) is 0 Å². The first kappa shape index (κ1) is 10.3. The SMILES string of the molecule is C=Cc1ccccc1C.N=C=O. The molecule has 1 rings (SSSR count). The van der Waals surface area contributed by atoms with Crippen molar-refractivity contribution < 1.29 is 4.79 Å². The molecule has 1 aromatic carbocycles. The van der Waals surface area contributed by atoms with Crippen molar-refractivity contribution in [2.75, 3.05) is 0 Å². The summed E-state index contributed by atoms with van der Waals surface area (Å²) in [6.45, 7) is 5.77. The molecule has 2 heteroatoms. The summed E-state index contributed by atoms with van der Waals surface area (Å²) in [6, 6.07) is 8.19. The maximum Gasteiger partial charge on any atom is 0.231 e. The van der Waals surface area contributed by atoms with Crippen LogP contribution in [0.15, 0.2) is 30.8 Å². The predicted octanol–water partition coefficient (Wildman–Crippen LogP) is 2.54. The number of isocyanates is 1. The van der Waals surface area contributed by atoms with Gasteiger partial charge < -0.3 is 0 Å². The van der Waals surface area contributed by atoms with Gasteiger partial charge in [-0.2, -0.15) is 0 Å². The van der Waals surface area contributed by atoms with Crippen LogP contribution in [0.1, 0.15) is 11.1 Å². The van der Waals surface area contributed by atoms with Crippen molar-refractivity contribution >= 4 is 12.2 Å². The third-order valence-corrected chi connectivity index (χ3v) is 1.41. The van der Waals surface area contributed by atoms with E-state index in [1.807, 2.05) is 18.2 Å². The van der Waals surface area contributed by atoms with Crippen molar-refractivity contribution in [3.63, 3.8) is 0 Å². The second kappa shape index (κ2) is 6.08. The third-order valence-electron chi connectivity index (χ3n) is 1.41. The predicted molar refractivity (Wildman–Crippen MR) is 49.7 cm³/mol. The standard InChI is InChI=1S/C9H10.CHNO/c1-3-9-7-5-4-6-8(9)2;2-1-3/h3-7H,1H2,2H3;2H. The number of aryl methyl sites for hydroxylation is 1. The summed E-state index contributed by atoms with van der Waals surface area (Å²) in [5.74, 6) is 0. The van der Waals surface area contributed by atoms with Crippen molar-refractivity contribution in [1.82, 2.24) is 0 Å². The van der Waals surface area contributed by atoms with Gasteiger partial charge in [0, 0.05) is 0 Å². The van der Waals surface area contributed by atoms with Crippen LogP contribution in [0.2, 0.25) is 0 Å². The first-order valence-electron chi connectivity index (χ1n) is 3.48. The normalized spacial score (nSPS) is 7.42. The van der Waals surface area contributed by atoms with Crippen molar-refractivity contribution in [2.24, 2.45) is 0 Å². The maximum absolute atomic E-state index is 8.35. The summed E-state index contributed by atoms with van der Waals surface area (Å²) in [6.07, 6.45) is 2.62. The van der Waals surface area contributed by atoms with E-state index in [0.29, 0.717) is 0 Å². The van der Waals surface area contributed by atoms with Gasteiger partial charge in [0.15, 0.2) is 0 Å². The fraction of sp³-hybridized carbons (Fsp3) is 0.100. The number of rotatable bonds is 1. The summed E-state index contributed by atoms with van der Waals surface area (Å²) in [5, 5.41) is 5.40. The van der Waals surface area contributed by atoms with E-state index >= 15 is 0 Å². The first-order valence-corrected chi connectivity index (χ1v) is 3.48. The van der Waals surface area contributed by atoms with Crippen LogP contribution in [0.25, 0.3) is 6.08 Å². The lowest BCUT2D eigenvalue weighted by atomic mass is 10.1. The smallest absolute Gasteiger partial charge is 0.222 e. The van der Waals surface area contributed by atoms with Gasteiger partial charge in [-0.15, -0.1) is 0 Å². The van der Waals surface area contributed by atoms with E-state index in [2.05, 4.69) is 25.6 Å². The van der Waals surface area contributed by atoms with Gasteiger partial charge in [-0.3, -0.25) is 0 Å². The summed E-state index contributed by atoms with van der Waals surface area (Å²) >= 11 is 0. The van der Waals surface area contributed by atoms with E-state index in [1.165, 1.54) is 11.1 Å². The minimum Gasteiger partial charge on any atom is -0.222 e. The van der Waals surface area contributed by atoms with Crippen molar-refractivity contribution in [3.8, 4) is 0 Å². The van der Waals surface area contributed by atoms with E-state index < -0.39 is 0 Å². The number of carbonyl (C=O) groups excluding carboxylic acids is 1. The second-order valence-electron chi connectivity index (χ2n) is 2.16. The molecule has 0 aliphatic carbocycles. The summed E-state index contributed by atoms with van der Waals surface area (Å²) in [5.41, 5.74) is 2.50. The average Bonchev–Trinajstić information content (AvgIpc) is 2.07. The van der Waals surface area contributed by atoms with Crippen LogP contribution in [-0.2, 0) is 4.79 Å². The molecular weight excluding hydrogens is 150 g/mol. The second-order valence-corrected chi connectivity index (χ2v) is 2.16. The zero-order chi connectivity index (χ0) is 9.40. The molecule has 0 fully saturated rings. The molecule has 2 nitrogen and oxygen atoms in total. The molecule has 0 aliphatic heterocycles. The van der Waals surface area contributed by atoms with Crippen LogP contribution in [0.4, 0.5) is 0 Å². The Kier molecular flexibility index (Phi) is 5.24. The molecule has 0 aromatic heterocycles. The first-order chi connectivity index (χ1) is 5.76. The molecular formula is C10H11NO. The molecule has 0 heterocycles.